The molecule has 2 N–H and O–H groups in total. The molecule has 0 aromatic heterocycles. The van der Waals surface area contributed by atoms with E-state index in [4.69, 9.17) is 4.74 Å². The van der Waals surface area contributed by atoms with Gasteiger partial charge in [-0.05, 0) is 49.4 Å². The summed E-state index contributed by atoms with van der Waals surface area (Å²) in [5.74, 6) is 0.459. The van der Waals surface area contributed by atoms with Crippen molar-refractivity contribution < 1.29 is 14.3 Å². The molecule has 0 aliphatic carbocycles. The molecule has 5 nitrogen and oxygen atoms in total. The van der Waals surface area contributed by atoms with Gasteiger partial charge in [0.25, 0.3) is 5.91 Å². The zero-order valence-electron chi connectivity index (χ0n) is 12.8. The molecule has 0 saturated carbocycles. The molecule has 1 aliphatic rings. The van der Waals surface area contributed by atoms with E-state index in [9.17, 15) is 9.59 Å². The molecule has 0 bridgehead atoms. The SMILES string of the molecule is COc1ccc(C(=O)Nc2ccc3c(c2)NC(=O)C(C)S3)cc1. The number of ether oxygens (including phenoxy) is 1. The van der Waals surface area contributed by atoms with E-state index >= 15 is 0 Å². The molecular formula is C17H16N2O3S. The Bertz CT molecular complexity index is 759. The van der Waals surface area contributed by atoms with Crippen molar-refractivity contribution in [1.82, 2.24) is 0 Å². The van der Waals surface area contributed by atoms with Gasteiger partial charge in [0, 0.05) is 16.1 Å². The summed E-state index contributed by atoms with van der Waals surface area (Å²) in [6.07, 6.45) is 0. The topological polar surface area (TPSA) is 67.4 Å². The van der Waals surface area contributed by atoms with Crippen molar-refractivity contribution in [1.29, 1.82) is 0 Å². The Kier molecular flexibility index (Phi) is 4.25. The lowest BCUT2D eigenvalue weighted by atomic mass is 10.2. The third-order valence-corrected chi connectivity index (χ3v) is 4.70. The van der Waals surface area contributed by atoms with Crippen LogP contribution in [-0.4, -0.2) is 24.2 Å². The van der Waals surface area contributed by atoms with Gasteiger partial charge in [-0.25, -0.2) is 0 Å². The predicted octanol–water partition coefficient (Wildman–Crippen LogP) is 3.38. The summed E-state index contributed by atoms with van der Waals surface area (Å²) in [6, 6.07) is 12.4. The average Bonchev–Trinajstić information content (AvgIpc) is 2.56. The summed E-state index contributed by atoms with van der Waals surface area (Å²) in [7, 11) is 1.58. The number of carbonyl (C=O) groups is 2. The van der Waals surface area contributed by atoms with E-state index in [0.717, 1.165) is 10.6 Å². The molecule has 23 heavy (non-hydrogen) atoms. The smallest absolute Gasteiger partial charge is 0.255 e. The van der Waals surface area contributed by atoms with Crippen LogP contribution in [0.3, 0.4) is 0 Å². The number of hydrogen-bond acceptors (Lipinski definition) is 4. The van der Waals surface area contributed by atoms with E-state index in [1.165, 1.54) is 11.8 Å². The van der Waals surface area contributed by atoms with Crippen LogP contribution in [0.15, 0.2) is 47.4 Å². The van der Waals surface area contributed by atoms with Crippen LogP contribution in [0.5, 0.6) is 5.75 Å². The van der Waals surface area contributed by atoms with Crippen LogP contribution in [0.4, 0.5) is 11.4 Å². The Morgan fingerprint density at radius 2 is 1.96 bits per heavy atom. The van der Waals surface area contributed by atoms with Gasteiger partial charge in [-0.15, -0.1) is 11.8 Å². The molecule has 0 saturated heterocycles. The van der Waals surface area contributed by atoms with Gasteiger partial charge >= 0.3 is 0 Å². The van der Waals surface area contributed by atoms with Gasteiger partial charge in [0.2, 0.25) is 5.91 Å². The number of anilines is 2. The summed E-state index contributed by atoms with van der Waals surface area (Å²) >= 11 is 1.51. The Balaban J connectivity index is 1.76. The molecule has 6 heteroatoms. The fourth-order valence-electron chi connectivity index (χ4n) is 2.23. The first kappa shape index (κ1) is 15.4. The van der Waals surface area contributed by atoms with Crippen LogP contribution in [-0.2, 0) is 4.79 Å². The Morgan fingerprint density at radius 3 is 2.65 bits per heavy atom. The van der Waals surface area contributed by atoms with Crippen LogP contribution >= 0.6 is 11.8 Å². The van der Waals surface area contributed by atoms with Crippen LogP contribution < -0.4 is 15.4 Å². The molecule has 118 valence electrons. The maximum absolute atomic E-state index is 12.3. The van der Waals surface area contributed by atoms with E-state index in [0.29, 0.717) is 17.0 Å². The highest BCUT2D eigenvalue weighted by atomic mass is 32.2. The molecule has 2 aromatic rings. The van der Waals surface area contributed by atoms with Crippen molar-refractivity contribution in [2.24, 2.45) is 0 Å². The summed E-state index contributed by atoms with van der Waals surface area (Å²) in [5.41, 5.74) is 1.90. The van der Waals surface area contributed by atoms with E-state index in [-0.39, 0.29) is 17.1 Å². The molecule has 0 radical (unpaired) electrons. The van der Waals surface area contributed by atoms with Crippen molar-refractivity contribution in [3.05, 3.63) is 48.0 Å². The van der Waals surface area contributed by atoms with Crippen molar-refractivity contribution in [3.8, 4) is 5.75 Å². The van der Waals surface area contributed by atoms with Gasteiger partial charge in [0.15, 0.2) is 0 Å². The minimum absolute atomic E-state index is 0.0267. The van der Waals surface area contributed by atoms with Crippen LogP contribution in [0.2, 0.25) is 0 Å². The lowest BCUT2D eigenvalue weighted by Gasteiger charge is -2.22. The summed E-state index contributed by atoms with van der Waals surface area (Å²) in [4.78, 5) is 25.0. The van der Waals surface area contributed by atoms with E-state index < -0.39 is 0 Å². The molecule has 2 aromatic carbocycles. The van der Waals surface area contributed by atoms with Gasteiger partial charge < -0.3 is 15.4 Å². The number of carbonyl (C=O) groups excluding carboxylic acids is 2. The van der Waals surface area contributed by atoms with Crippen molar-refractivity contribution in [2.45, 2.75) is 17.1 Å². The molecule has 1 atom stereocenters. The molecular weight excluding hydrogens is 312 g/mol. The maximum atomic E-state index is 12.3. The highest BCUT2D eigenvalue weighted by Crippen LogP contribution is 2.37. The minimum Gasteiger partial charge on any atom is -0.497 e. The van der Waals surface area contributed by atoms with Gasteiger partial charge in [0.05, 0.1) is 18.0 Å². The van der Waals surface area contributed by atoms with E-state index in [1.54, 1.807) is 37.4 Å². The standard InChI is InChI=1S/C17H16N2O3S/c1-10-16(20)19-14-9-12(5-8-15(14)23-10)18-17(21)11-3-6-13(22-2)7-4-11/h3-10H,1-2H3,(H,18,21)(H,19,20). The zero-order chi connectivity index (χ0) is 16.4. The third kappa shape index (κ3) is 3.32. The highest BCUT2D eigenvalue weighted by Gasteiger charge is 2.23. The third-order valence-electron chi connectivity index (χ3n) is 3.52. The van der Waals surface area contributed by atoms with Gasteiger partial charge in [-0.2, -0.15) is 0 Å². The minimum atomic E-state index is -0.212. The average molecular weight is 328 g/mol. The first-order valence-corrected chi connectivity index (χ1v) is 8.02. The fraction of sp³-hybridized carbons (Fsp3) is 0.176. The molecule has 0 spiro atoms. The molecule has 1 aliphatic heterocycles. The first-order chi connectivity index (χ1) is 11.1. The molecule has 1 unspecified atom stereocenters. The quantitative estimate of drug-likeness (QED) is 0.906. The number of fused-ring (bicyclic) bond motifs is 1. The van der Waals surface area contributed by atoms with Crippen LogP contribution in [0.1, 0.15) is 17.3 Å². The second-order valence-corrected chi connectivity index (χ2v) is 6.53. The maximum Gasteiger partial charge on any atom is 0.255 e. The highest BCUT2D eigenvalue weighted by molar-refractivity contribution is 8.00. The summed E-state index contributed by atoms with van der Waals surface area (Å²) in [5, 5.41) is 5.57. The van der Waals surface area contributed by atoms with Gasteiger partial charge in [-0.1, -0.05) is 0 Å². The monoisotopic (exact) mass is 328 g/mol. The lowest BCUT2D eigenvalue weighted by molar-refractivity contribution is -0.115. The normalized spacial score (nSPS) is 16.3. The number of nitrogens with one attached hydrogen (secondary N) is 2. The molecule has 0 fully saturated rings. The lowest BCUT2D eigenvalue weighted by Crippen LogP contribution is -2.26. The number of thioether (sulfide) groups is 1. The number of amides is 2. The van der Waals surface area contributed by atoms with Crippen molar-refractivity contribution in [2.75, 3.05) is 17.7 Å². The van der Waals surface area contributed by atoms with E-state index in [2.05, 4.69) is 10.6 Å². The molecule has 1 heterocycles. The molecule has 3 rings (SSSR count). The second-order valence-electron chi connectivity index (χ2n) is 5.14. The fourth-order valence-corrected chi connectivity index (χ4v) is 3.16. The second kappa shape index (κ2) is 6.34. The molecule has 2 amide bonds. The Hall–Kier alpha value is -2.47. The summed E-state index contributed by atoms with van der Waals surface area (Å²) < 4.78 is 5.07. The van der Waals surface area contributed by atoms with Gasteiger partial charge in [-0.3, -0.25) is 9.59 Å². The van der Waals surface area contributed by atoms with Crippen molar-refractivity contribution >= 4 is 35.0 Å². The summed E-state index contributed by atoms with van der Waals surface area (Å²) in [6.45, 7) is 1.86. The predicted molar refractivity (Wildman–Crippen MR) is 91.3 cm³/mol. The van der Waals surface area contributed by atoms with E-state index in [1.807, 2.05) is 19.1 Å². The van der Waals surface area contributed by atoms with Crippen LogP contribution in [0, 0.1) is 0 Å². The number of hydrogen-bond donors (Lipinski definition) is 2. The Morgan fingerprint density at radius 1 is 1.22 bits per heavy atom. The Labute approximate surface area is 138 Å². The number of benzene rings is 2. The first-order valence-electron chi connectivity index (χ1n) is 7.14. The largest absolute Gasteiger partial charge is 0.497 e. The van der Waals surface area contributed by atoms with Crippen LogP contribution in [0.25, 0.3) is 0 Å². The zero-order valence-corrected chi connectivity index (χ0v) is 13.6. The number of methoxy groups -OCH3 is 1. The van der Waals surface area contributed by atoms with Gasteiger partial charge in [0.1, 0.15) is 5.75 Å². The number of rotatable bonds is 3. The van der Waals surface area contributed by atoms with Crippen molar-refractivity contribution in [3.63, 3.8) is 0 Å².